The monoisotopic (exact) mass is 505 g/mol. The fourth-order valence-corrected chi connectivity index (χ4v) is 2.12. The van der Waals surface area contributed by atoms with E-state index in [2.05, 4.69) is 48.5 Å². The molecule has 0 aromatic heterocycles. The summed E-state index contributed by atoms with van der Waals surface area (Å²) in [6.45, 7) is 10.7. The number of aliphatic carboxylic acids is 3. The van der Waals surface area contributed by atoms with Crippen molar-refractivity contribution in [2.24, 2.45) is 35.0 Å². The molecule has 0 aliphatic heterocycles. The molecule has 0 aliphatic rings. The van der Waals surface area contributed by atoms with E-state index in [1.165, 1.54) is 11.1 Å². The molecule has 36 heavy (non-hydrogen) atoms. The van der Waals surface area contributed by atoms with Crippen LogP contribution in [0.3, 0.4) is 0 Å². The van der Waals surface area contributed by atoms with Crippen LogP contribution in [0.25, 0.3) is 11.1 Å². The molecule has 0 aliphatic carbocycles. The third kappa shape index (κ3) is 16.4. The minimum Gasteiger partial charge on any atom is -0.480 e. The predicted molar refractivity (Wildman–Crippen MR) is 143 cm³/mol. The standard InChI is InChI=1S/C12H10.3C5H11NO2/c1-3-7-11(8-4-1)12-9-5-2-6-10-12;3*1-3(2)4(6)5(7)8/h1-10H;3*3-4H,6H2,1-2H3,(H,7,8)/t;3*4-/m.000/s1. The van der Waals surface area contributed by atoms with E-state index in [1.807, 2.05) is 12.1 Å². The molecule has 0 spiro atoms. The van der Waals surface area contributed by atoms with Gasteiger partial charge in [0.2, 0.25) is 0 Å². The first-order chi connectivity index (χ1) is 16.6. The van der Waals surface area contributed by atoms with Gasteiger partial charge in [-0.3, -0.25) is 14.4 Å². The summed E-state index contributed by atoms with van der Waals surface area (Å²) in [7, 11) is 0. The Balaban J connectivity index is 0. The maximum Gasteiger partial charge on any atom is 0.320 e. The molecule has 0 bridgehead atoms. The van der Waals surface area contributed by atoms with Gasteiger partial charge >= 0.3 is 17.9 Å². The highest BCUT2D eigenvalue weighted by atomic mass is 16.4. The third-order valence-electron chi connectivity index (χ3n) is 4.89. The number of benzene rings is 2. The number of nitrogens with two attached hydrogens (primary N) is 3. The second-order valence-electron chi connectivity index (χ2n) is 9.06. The lowest BCUT2D eigenvalue weighted by molar-refractivity contribution is -0.140. The molecule has 0 unspecified atom stereocenters. The van der Waals surface area contributed by atoms with Crippen molar-refractivity contribution in [2.75, 3.05) is 0 Å². The SMILES string of the molecule is CC(C)[C@H](N)C(=O)O.CC(C)[C@H](N)C(=O)O.CC(C)[C@H](N)C(=O)O.c1ccc(-c2ccccc2)cc1. The zero-order chi connectivity index (χ0) is 28.4. The van der Waals surface area contributed by atoms with E-state index in [0.717, 1.165) is 0 Å². The quantitative estimate of drug-likeness (QED) is 0.327. The van der Waals surface area contributed by atoms with E-state index >= 15 is 0 Å². The van der Waals surface area contributed by atoms with Gasteiger partial charge in [-0.15, -0.1) is 0 Å². The van der Waals surface area contributed by atoms with Gasteiger partial charge in [-0.25, -0.2) is 0 Å². The van der Waals surface area contributed by atoms with Crippen LogP contribution in [0.5, 0.6) is 0 Å². The molecule has 0 amide bonds. The maximum absolute atomic E-state index is 10.0. The van der Waals surface area contributed by atoms with Crippen molar-refractivity contribution in [1.29, 1.82) is 0 Å². The van der Waals surface area contributed by atoms with Crippen LogP contribution in [0, 0.1) is 17.8 Å². The molecule has 2 rings (SSSR count). The second kappa shape index (κ2) is 19.0. The van der Waals surface area contributed by atoms with Gasteiger partial charge in [0.15, 0.2) is 0 Å². The third-order valence-corrected chi connectivity index (χ3v) is 4.89. The molecule has 0 saturated carbocycles. The Bertz CT molecular complexity index is 779. The fraction of sp³-hybridized carbons (Fsp3) is 0.444. The molecule has 0 heterocycles. The van der Waals surface area contributed by atoms with Gasteiger partial charge in [0.25, 0.3) is 0 Å². The van der Waals surface area contributed by atoms with E-state index in [1.54, 1.807) is 41.5 Å². The first-order valence-electron chi connectivity index (χ1n) is 11.7. The van der Waals surface area contributed by atoms with Crippen LogP contribution in [0.2, 0.25) is 0 Å². The lowest BCUT2D eigenvalue weighted by Gasteiger charge is -2.07. The van der Waals surface area contributed by atoms with Gasteiger partial charge in [0.1, 0.15) is 18.1 Å². The highest BCUT2D eigenvalue weighted by molar-refractivity contribution is 5.74. The van der Waals surface area contributed by atoms with E-state index in [-0.39, 0.29) is 17.8 Å². The molecule has 2 aromatic rings. The molecule has 0 fully saturated rings. The summed E-state index contributed by atoms with van der Waals surface area (Å²) in [5.41, 5.74) is 18.0. The number of rotatable bonds is 7. The van der Waals surface area contributed by atoms with Gasteiger partial charge in [0.05, 0.1) is 0 Å². The van der Waals surface area contributed by atoms with Gasteiger partial charge < -0.3 is 32.5 Å². The normalized spacial score (nSPS) is 12.6. The average Bonchev–Trinajstić information content (AvgIpc) is 2.84. The average molecular weight is 506 g/mol. The first-order valence-corrected chi connectivity index (χ1v) is 11.7. The zero-order valence-electron chi connectivity index (χ0n) is 22.0. The van der Waals surface area contributed by atoms with Gasteiger partial charge in [0, 0.05) is 0 Å². The lowest BCUT2D eigenvalue weighted by Crippen LogP contribution is -2.34. The highest BCUT2D eigenvalue weighted by Gasteiger charge is 2.15. The summed E-state index contributed by atoms with van der Waals surface area (Å²) < 4.78 is 0. The molecule has 9 N–H and O–H groups in total. The summed E-state index contributed by atoms with van der Waals surface area (Å²) in [6, 6.07) is 18.6. The lowest BCUT2D eigenvalue weighted by atomic mass is 10.1. The molecule has 0 radical (unpaired) electrons. The van der Waals surface area contributed by atoms with Gasteiger partial charge in [-0.05, 0) is 28.9 Å². The number of hydrogen-bond donors (Lipinski definition) is 6. The van der Waals surface area contributed by atoms with Crippen molar-refractivity contribution in [3.05, 3.63) is 60.7 Å². The highest BCUT2D eigenvalue weighted by Crippen LogP contribution is 2.17. The van der Waals surface area contributed by atoms with Crippen molar-refractivity contribution in [3.8, 4) is 11.1 Å². The smallest absolute Gasteiger partial charge is 0.320 e. The maximum atomic E-state index is 10.0. The largest absolute Gasteiger partial charge is 0.480 e. The topological polar surface area (TPSA) is 190 Å². The Morgan fingerprint density at radius 3 is 0.806 bits per heavy atom. The number of carbonyl (C=O) groups is 3. The van der Waals surface area contributed by atoms with E-state index < -0.39 is 36.0 Å². The zero-order valence-corrected chi connectivity index (χ0v) is 22.0. The molecular formula is C27H43N3O6. The van der Waals surface area contributed by atoms with E-state index in [9.17, 15) is 14.4 Å². The Morgan fingerprint density at radius 2 is 0.694 bits per heavy atom. The summed E-state index contributed by atoms with van der Waals surface area (Å²) in [6.07, 6.45) is 0. The molecular weight excluding hydrogens is 462 g/mol. The van der Waals surface area contributed by atoms with Crippen LogP contribution in [-0.2, 0) is 14.4 Å². The van der Waals surface area contributed by atoms with Gasteiger partial charge in [-0.1, -0.05) is 102 Å². The van der Waals surface area contributed by atoms with E-state index in [4.69, 9.17) is 32.5 Å². The second-order valence-corrected chi connectivity index (χ2v) is 9.06. The number of carboxylic acid groups (broad SMARTS) is 3. The molecule has 0 saturated heterocycles. The summed E-state index contributed by atoms with van der Waals surface area (Å²) >= 11 is 0. The van der Waals surface area contributed by atoms with E-state index in [0.29, 0.717) is 0 Å². The fourth-order valence-electron chi connectivity index (χ4n) is 2.12. The minimum absolute atomic E-state index is 0.0208. The summed E-state index contributed by atoms with van der Waals surface area (Å²) in [5.74, 6) is -2.73. The Morgan fingerprint density at radius 1 is 0.500 bits per heavy atom. The van der Waals surface area contributed by atoms with Crippen LogP contribution in [0.1, 0.15) is 41.5 Å². The summed E-state index contributed by atoms with van der Waals surface area (Å²) in [4.78, 5) is 30.0. The van der Waals surface area contributed by atoms with Crippen LogP contribution in [0.4, 0.5) is 0 Å². The Hall–Kier alpha value is -3.27. The Labute approximate surface area is 214 Å². The predicted octanol–water partition coefficient (Wildman–Crippen LogP) is 3.52. The first kappa shape index (κ1) is 34.9. The van der Waals surface area contributed by atoms with Crippen LogP contribution >= 0.6 is 0 Å². The van der Waals surface area contributed by atoms with Crippen molar-refractivity contribution in [2.45, 2.75) is 59.7 Å². The van der Waals surface area contributed by atoms with Crippen LogP contribution in [0.15, 0.2) is 60.7 Å². The Kier molecular flexibility index (Phi) is 18.4. The molecule has 2 aromatic carbocycles. The van der Waals surface area contributed by atoms with Crippen molar-refractivity contribution >= 4 is 17.9 Å². The minimum atomic E-state index is -0.931. The molecule has 9 heteroatoms. The van der Waals surface area contributed by atoms with Crippen molar-refractivity contribution in [1.82, 2.24) is 0 Å². The summed E-state index contributed by atoms with van der Waals surface area (Å²) in [5, 5.41) is 24.7. The molecule has 202 valence electrons. The van der Waals surface area contributed by atoms with Crippen molar-refractivity contribution in [3.63, 3.8) is 0 Å². The van der Waals surface area contributed by atoms with Crippen LogP contribution in [-0.4, -0.2) is 51.4 Å². The van der Waals surface area contributed by atoms with Gasteiger partial charge in [-0.2, -0.15) is 0 Å². The molecule has 9 nitrogen and oxygen atoms in total. The van der Waals surface area contributed by atoms with Crippen molar-refractivity contribution < 1.29 is 29.7 Å². The molecule has 3 atom stereocenters. The number of carboxylic acids is 3. The number of hydrogen-bond acceptors (Lipinski definition) is 6. The van der Waals surface area contributed by atoms with Crippen LogP contribution < -0.4 is 17.2 Å².